The van der Waals surface area contributed by atoms with Gasteiger partial charge < -0.3 is 64.3 Å². The number of para-hydroxylation sites is 2. The molecule has 11 rings (SSSR count). The van der Waals surface area contributed by atoms with Gasteiger partial charge in [-0.1, -0.05) is 35.3 Å². The summed E-state index contributed by atoms with van der Waals surface area (Å²) in [5.41, 5.74) is 1.71. The Morgan fingerprint density at radius 2 is 1.24 bits per heavy atom. The van der Waals surface area contributed by atoms with Crippen LogP contribution in [0, 0.1) is 31.1 Å². The van der Waals surface area contributed by atoms with Crippen molar-refractivity contribution in [3.8, 4) is 30.1 Å². The van der Waals surface area contributed by atoms with Gasteiger partial charge in [-0.15, -0.1) is 11.6 Å². The molecule has 390 valence electrons. The van der Waals surface area contributed by atoms with E-state index in [1.165, 1.54) is 28.6 Å². The van der Waals surface area contributed by atoms with Crippen LogP contribution < -0.4 is 17.0 Å². The maximum Gasteiger partial charge on any atom is 2.00 e. The average molecular weight is 1090 g/mol. The van der Waals surface area contributed by atoms with Gasteiger partial charge in [0.1, 0.15) is 17.0 Å². The third-order valence-electron chi connectivity index (χ3n) is 13.9. The van der Waals surface area contributed by atoms with Gasteiger partial charge in [0.2, 0.25) is 0 Å². The summed E-state index contributed by atoms with van der Waals surface area (Å²) in [4.78, 5) is 43.1. The van der Waals surface area contributed by atoms with E-state index < -0.39 is 11.2 Å². The fraction of sp³-hybridized carbons (Fsp3) is 0.500. The average Bonchev–Trinajstić information content (AvgIpc) is 4.26. The molecule has 3 N–H and O–H groups in total. The number of carbonyl (C=O) groups excluding carboxylic acids is 3. The summed E-state index contributed by atoms with van der Waals surface area (Å²) in [7, 11) is 0. The molecule has 5 aromatic rings. The molecular weight excluding hydrogens is 1020 g/mol. The summed E-state index contributed by atoms with van der Waals surface area (Å²) >= 11 is 0. The van der Waals surface area contributed by atoms with E-state index >= 15 is 0 Å². The molecule has 3 aliphatic carbocycles. The molecule has 6 heterocycles. The third kappa shape index (κ3) is 16.1. The molecule has 3 aliphatic heterocycles. The van der Waals surface area contributed by atoms with Crippen LogP contribution in [0.5, 0.6) is 0 Å². The minimum Gasteiger partial charge on any atom is -1.00 e. The number of oxime groups is 1. The molecule has 0 spiro atoms. The van der Waals surface area contributed by atoms with Crippen LogP contribution in [0.1, 0.15) is 148 Å². The van der Waals surface area contributed by atoms with Crippen molar-refractivity contribution in [3.63, 3.8) is 0 Å². The summed E-state index contributed by atoms with van der Waals surface area (Å²) in [6.45, 7) is 7.23. The van der Waals surface area contributed by atoms with Gasteiger partial charge in [0.15, 0.2) is 5.76 Å². The maximum absolute atomic E-state index is 13.5. The van der Waals surface area contributed by atoms with E-state index in [0.717, 1.165) is 89.5 Å². The molecule has 18 nitrogen and oxygen atoms in total. The molecule has 2 amide bonds. The number of carbonyl (C=O) groups is 3. The van der Waals surface area contributed by atoms with Crippen LogP contribution >= 0.6 is 0 Å². The first-order chi connectivity index (χ1) is 34.9. The predicted octanol–water partition coefficient (Wildman–Crippen LogP) is 3.90. The van der Waals surface area contributed by atoms with Gasteiger partial charge in [0.25, 0.3) is 11.8 Å². The van der Waals surface area contributed by atoms with E-state index in [1.54, 1.807) is 30.9 Å². The van der Waals surface area contributed by atoms with Gasteiger partial charge in [-0.25, -0.2) is 0 Å². The molecular formula is C54H67BrMgN10O8. The number of benzene rings is 2. The molecule has 6 aliphatic rings. The first kappa shape index (κ1) is 60.8. The summed E-state index contributed by atoms with van der Waals surface area (Å²) in [6.07, 6.45) is 35.9. The monoisotopic (exact) mass is 1090 g/mol. The van der Waals surface area contributed by atoms with Crippen LogP contribution in [-0.2, 0) is 15.1 Å². The molecule has 2 aromatic carbocycles. The van der Waals surface area contributed by atoms with Gasteiger partial charge in [0, 0.05) is 75.3 Å². The zero-order chi connectivity index (χ0) is 51.5. The Labute approximate surface area is 460 Å². The van der Waals surface area contributed by atoms with Gasteiger partial charge in [-0.05, 0) is 122 Å². The number of aromatic nitrogens is 7. The Morgan fingerprint density at radius 1 is 0.757 bits per heavy atom. The topological polar surface area (TPSA) is 227 Å². The van der Waals surface area contributed by atoms with Gasteiger partial charge in [-0.3, -0.25) is 14.4 Å². The molecule has 0 bridgehead atoms. The molecule has 0 unspecified atom stereocenters. The van der Waals surface area contributed by atoms with Crippen molar-refractivity contribution in [1.82, 2.24) is 44.9 Å². The normalized spacial score (nSPS) is 21.7. The number of ketones is 1. The number of hydrogen-bond donors (Lipinski definition) is 3. The molecule has 4 atom stereocenters. The van der Waals surface area contributed by atoms with Gasteiger partial charge in [0.05, 0.1) is 53.0 Å². The van der Waals surface area contributed by atoms with Crippen molar-refractivity contribution < 1.29 is 56.0 Å². The second-order valence-corrected chi connectivity index (χ2v) is 18.9. The molecule has 74 heavy (non-hydrogen) atoms. The molecule has 3 saturated carbocycles. The predicted molar refractivity (Wildman–Crippen MR) is 273 cm³/mol. The number of likely N-dealkylation sites (tertiary alicyclic amines) is 2. The van der Waals surface area contributed by atoms with Crippen molar-refractivity contribution in [1.29, 1.82) is 0 Å². The number of terminal acetylenes is 2. The van der Waals surface area contributed by atoms with Crippen molar-refractivity contribution >= 4 is 46.9 Å². The number of halogens is 1. The Morgan fingerprint density at radius 3 is 1.64 bits per heavy atom. The number of amides is 2. The van der Waals surface area contributed by atoms with Gasteiger partial charge in [-0.2, -0.15) is 30.0 Å². The standard InChI is InChI=1S/C22H25N5O3.C16H19N5O2.C6H8O.C4H8O.C4H6O.C2H.BrH.Mg/c1-15-7-8-16(18-13-20(30-25-18)22(29)9-4-10-22)14-26(15)21(28)17-5-2-3-6-19(17)27-23-11-12-24-27;1-12-6-7-13(10-19-23)11-20(12)16(22)14-4-2-3-5-15(14)21-17-8-9-18-21;1-2-6(7)4-3-5-6;1-2-4-5-3-1;5-4-2-1-3-4;1-2;;/h2-3,5-6,11-13,15-16,29H,4,7-10,14H2,1H3;2-5,8-10,12-13,23H,6-7,11H2,1H3;1,7H,3-5H2;1-4H2;1-3H2;1H;1H;/q;;;;;-1;;+2/p-1/b;19-10+;;;;;;/t15-,16-;12-,13+;;;;;;/m11....../s1. The van der Waals surface area contributed by atoms with E-state index in [1.807, 2.05) is 65.3 Å². The van der Waals surface area contributed by atoms with Crippen molar-refractivity contribution in [2.24, 2.45) is 11.1 Å². The second-order valence-electron chi connectivity index (χ2n) is 18.9. The number of Topliss-reactive ketones (excluding diaryl/α,β-unsaturated/α-hetero) is 1. The fourth-order valence-electron chi connectivity index (χ4n) is 8.86. The fourth-order valence-corrected chi connectivity index (χ4v) is 8.86. The maximum atomic E-state index is 13.5. The zero-order valence-electron chi connectivity index (χ0n) is 42.4. The van der Waals surface area contributed by atoms with E-state index in [4.69, 9.17) is 32.4 Å². The van der Waals surface area contributed by atoms with Crippen molar-refractivity contribution in [2.45, 2.75) is 139 Å². The van der Waals surface area contributed by atoms with Gasteiger partial charge >= 0.3 is 23.1 Å². The quantitative estimate of drug-likeness (QED) is 0.0526. The first-order valence-electron chi connectivity index (χ1n) is 24.9. The number of ether oxygens (including phenoxy) is 1. The first-order valence-corrected chi connectivity index (χ1v) is 24.9. The molecule has 20 heteroatoms. The Bertz CT molecular complexity index is 2580. The van der Waals surface area contributed by atoms with Crippen LogP contribution in [0.15, 0.2) is 89.1 Å². The number of aliphatic hydroxyl groups is 2. The SMILES string of the molecule is C#CC1(O)CCC1.C1CCOC1.C[C@@H]1CC[C@@H](/C=N/O)CN1C(=O)c1ccccc1-n1nccn1.C[C@@H]1CC[C@@H](c2cc(C3(O)CCC3)on2)CN1C(=O)c1ccccc1-n1nccn1.O=C1CCC1.[Br-].[C-]#C.[Mg+2]. The largest absolute Gasteiger partial charge is 2.00 e. The number of piperidine rings is 2. The van der Waals surface area contributed by atoms with Crippen LogP contribution in [0.3, 0.4) is 0 Å². The van der Waals surface area contributed by atoms with Crippen LogP contribution in [0.2, 0.25) is 0 Å². The third-order valence-corrected chi connectivity index (χ3v) is 13.9. The van der Waals surface area contributed by atoms with Crippen molar-refractivity contribution in [3.05, 3.63) is 108 Å². The minimum atomic E-state index is -0.863. The van der Waals surface area contributed by atoms with E-state index in [9.17, 15) is 19.5 Å². The minimum absolute atomic E-state index is 0. The summed E-state index contributed by atoms with van der Waals surface area (Å²) in [6, 6.07) is 16.9. The van der Waals surface area contributed by atoms with Crippen LogP contribution in [0.25, 0.3) is 11.4 Å². The number of nitrogens with zero attached hydrogens (tertiary/aromatic N) is 10. The molecule has 0 radical (unpaired) electrons. The van der Waals surface area contributed by atoms with Crippen LogP contribution in [0.4, 0.5) is 0 Å². The van der Waals surface area contributed by atoms with Crippen LogP contribution in [-0.4, -0.2) is 151 Å². The van der Waals surface area contributed by atoms with Crippen molar-refractivity contribution in [2.75, 3.05) is 26.3 Å². The Balaban J connectivity index is 0.000000235. The smallest absolute Gasteiger partial charge is 1.00 e. The number of rotatable bonds is 7. The molecule has 6 fully saturated rings. The molecule has 3 aromatic heterocycles. The summed E-state index contributed by atoms with van der Waals surface area (Å²) in [5, 5.41) is 52.2. The van der Waals surface area contributed by atoms with E-state index in [-0.39, 0.29) is 75.8 Å². The Hall–Kier alpha value is -5.74. The summed E-state index contributed by atoms with van der Waals surface area (Å²) < 4.78 is 10.4. The summed E-state index contributed by atoms with van der Waals surface area (Å²) in [5.74, 6) is 3.39. The second kappa shape index (κ2) is 30.0. The Kier molecular flexibility index (Phi) is 24.6. The van der Waals surface area contributed by atoms with E-state index in [2.05, 4.69) is 50.0 Å². The number of hydrogen-bond acceptors (Lipinski definition) is 14. The molecule has 3 saturated heterocycles. The zero-order valence-corrected chi connectivity index (χ0v) is 45.4. The van der Waals surface area contributed by atoms with E-state index in [0.29, 0.717) is 60.0 Å².